The second-order valence-corrected chi connectivity index (χ2v) is 3.44. The van der Waals surface area contributed by atoms with Crippen LogP contribution in [0.25, 0.3) is 0 Å². The fourth-order valence-corrected chi connectivity index (χ4v) is 1.34. The molecule has 1 heterocycles. The summed E-state index contributed by atoms with van der Waals surface area (Å²) in [6.45, 7) is 1.96. The normalized spacial score (nSPS) is 10.9. The second-order valence-electron chi connectivity index (χ2n) is 3.44. The van der Waals surface area contributed by atoms with Crippen molar-refractivity contribution >= 4 is 12.2 Å². The van der Waals surface area contributed by atoms with Crippen LogP contribution in [0.5, 0.6) is 0 Å². The monoisotopic (exact) mass is 230 g/mol. The Morgan fingerprint density at radius 2 is 2.12 bits per heavy atom. The maximum absolute atomic E-state index is 5.75. The van der Waals surface area contributed by atoms with Crippen LogP contribution in [0.2, 0.25) is 0 Å². The maximum atomic E-state index is 5.75. The van der Waals surface area contributed by atoms with E-state index in [1.54, 1.807) is 6.21 Å². The Hall–Kier alpha value is -2.37. The third-order valence-electron chi connectivity index (χ3n) is 2.26. The SMILES string of the molecule is CCc1nnc(N/N=C/c2ccccc2)n1N. The number of nitrogens with two attached hydrogens (primary N) is 1. The van der Waals surface area contributed by atoms with Gasteiger partial charge in [0.2, 0.25) is 0 Å². The first-order chi connectivity index (χ1) is 8.31. The van der Waals surface area contributed by atoms with Crippen LogP contribution in [0.4, 0.5) is 5.95 Å². The van der Waals surface area contributed by atoms with E-state index in [0.717, 1.165) is 12.0 Å². The van der Waals surface area contributed by atoms with Gasteiger partial charge >= 0.3 is 0 Å². The van der Waals surface area contributed by atoms with Crippen molar-refractivity contribution in [1.82, 2.24) is 14.9 Å². The van der Waals surface area contributed by atoms with Crippen LogP contribution in [-0.4, -0.2) is 21.1 Å². The number of nitrogen functional groups attached to an aromatic ring is 1. The molecule has 0 atom stereocenters. The van der Waals surface area contributed by atoms with Crippen molar-refractivity contribution in [3.8, 4) is 0 Å². The molecule has 1 aromatic heterocycles. The summed E-state index contributed by atoms with van der Waals surface area (Å²) in [5, 5.41) is 11.8. The molecule has 0 aliphatic rings. The molecule has 0 aliphatic carbocycles. The molecule has 0 aliphatic heterocycles. The van der Waals surface area contributed by atoms with E-state index in [-0.39, 0.29) is 0 Å². The molecule has 2 aromatic rings. The molecule has 88 valence electrons. The van der Waals surface area contributed by atoms with Crippen molar-refractivity contribution in [3.63, 3.8) is 0 Å². The average molecular weight is 230 g/mol. The molecule has 0 unspecified atom stereocenters. The molecule has 0 amide bonds. The maximum Gasteiger partial charge on any atom is 0.263 e. The number of hydrazone groups is 1. The summed E-state index contributed by atoms with van der Waals surface area (Å²) >= 11 is 0. The highest BCUT2D eigenvalue weighted by Crippen LogP contribution is 2.03. The first-order valence-electron chi connectivity index (χ1n) is 5.34. The highest BCUT2D eigenvalue weighted by Gasteiger charge is 2.05. The molecule has 0 fully saturated rings. The molecule has 6 heteroatoms. The second kappa shape index (κ2) is 5.11. The average Bonchev–Trinajstić information content (AvgIpc) is 2.72. The van der Waals surface area contributed by atoms with E-state index in [0.29, 0.717) is 11.8 Å². The molecular weight excluding hydrogens is 216 g/mol. The van der Waals surface area contributed by atoms with E-state index >= 15 is 0 Å². The number of nitrogens with zero attached hydrogens (tertiary/aromatic N) is 4. The van der Waals surface area contributed by atoms with Crippen molar-refractivity contribution in [2.45, 2.75) is 13.3 Å². The van der Waals surface area contributed by atoms with E-state index in [4.69, 9.17) is 5.84 Å². The predicted molar refractivity (Wildman–Crippen MR) is 67.2 cm³/mol. The number of benzene rings is 1. The van der Waals surface area contributed by atoms with Crippen molar-refractivity contribution in [3.05, 3.63) is 41.7 Å². The zero-order valence-electron chi connectivity index (χ0n) is 9.54. The molecule has 1 aromatic carbocycles. The molecule has 0 spiro atoms. The fourth-order valence-electron chi connectivity index (χ4n) is 1.34. The number of nitrogens with one attached hydrogen (secondary N) is 1. The van der Waals surface area contributed by atoms with Gasteiger partial charge in [-0.05, 0) is 5.56 Å². The van der Waals surface area contributed by atoms with Gasteiger partial charge in [0, 0.05) is 6.42 Å². The molecule has 0 saturated heterocycles. The Bertz CT molecular complexity index is 502. The fraction of sp³-hybridized carbons (Fsp3) is 0.182. The quantitative estimate of drug-likeness (QED) is 0.466. The number of hydrogen-bond acceptors (Lipinski definition) is 5. The van der Waals surface area contributed by atoms with Crippen molar-refractivity contribution < 1.29 is 0 Å². The summed E-state index contributed by atoms with van der Waals surface area (Å²) in [6.07, 6.45) is 2.42. The Kier molecular flexibility index (Phi) is 3.34. The standard InChI is InChI=1S/C11H14N6/c1-2-10-14-16-11(17(10)12)15-13-8-9-6-4-3-5-7-9/h3-8H,2,12H2,1H3,(H,15,16)/b13-8+. The molecule has 2 rings (SSSR count). The number of anilines is 1. The van der Waals surface area contributed by atoms with Crippen LogP contribution in [0, 0.1) is 0 Å². The topological polar surface area (TPSA) is 81.1 Å². The molecule has 0 radical (unpaired) electrons. The molecular formula is C11H14N6. The van der Waals surface area contributed by atoms with Crippen LogP contribution in [0.3, 0.4) is 0 Å². The minimum absolute atomic E-state index is 0.425. The summed E-state index contributed by atoms with van der Waals surface area (Å²) < 4.78 is 1.39. The van der Waals surface area contributed by atoms with Gasteiger partial charge in [-0.2, -0.15) is 5.10 Å². The number of aryl methyl sites for hydroxylation is 1. The van der Waals surface area contributed by atoms with Crippen LogP contribution >= 0.6 is 0 Å². The first kappa shape index (κ1) is 11.1. The lowest BCUT2D eigenvalue weighted by molar-refractivity contribution is 0.855. The highest BCUT2D eigenvalue weighted by atomic mass is 15.5. The molecule has 0 saturated carbocycles. The van der Waals surface area contributed by atoms with Gasteiger partial charge in [-0.3, -0.25) is 0 Å². The van der Waals surface area contributed by atoms with Crippen molar-refractivity contribution in [1.29, 1.82) is 0 Å². The lowest BCUT2D eigenvalue weighted by atomic mass is 10.2. The number of aromatic nitrogens is 3. The summed E-state index contributed by atoms with van der Waals surface area (Å²) in [4.78, 5) is 0. The third-order valence-corrected chi connectivity index (χ3v) is 2.26. The van der Waals surface area contributed by atoms with E-state index in [1.165, 1.54) is 4.68 Å². The lowest BCUT2D eigenvalue weighted by Gasteiger charge is -2.00. The Labute approximate surface area is 99.1 Å². The third kappa shape index (κ3) is 2.60. The van der Waals surface area contributed by atoms with E-state index in [2.05, 4.69) is 20.7 Å². The zero-order chi connectivity index (χ0) is 12.1. The number of hydrogen-bond donors (Lipinski definition) is 2. The van der Waals surface area contributed by atoms with E-state index in [1.807, 2.05) is 37.3 Å². The first-order valence-corrected chi connectivity index (χ1v) is 5.34. The summed E-state index contributed by atoms with van der Waals surface area (Å²) in [6, 6.07) is 9.75. The van der Waals surface area contributed by atoms with Crippen molar-refractivity contribution in [2.75, 3.05) is 11.3 Å². The van der Waals surface area contributed by atoms with Gasteiger partial charge in [-0.25, -0.2) is 10.1 Å². The molecule has 0 bridgehead atoms. The van der Waals surface area contributed by atoms with Gasteiger partial charge in [0.15, 0.2) is 5.82 Å². The van der Waals surface area contributed by atoms with Crippen LogP contribution in [0.1, 0.15) is 18.3 Å². The summed E-state index contributed by atoms with van der Waals surface area (Å²) in [7, 11) is 0. The van der Waals surface area contributed by atoms with Gasteiger partial charge in [0.05, 0.1) is 6.21 Å². The summed E-state index contributed by atoms with van der Waals surface area (Å²) in [5.41, 5.74) is 3.75. The van der Waals surface area contributed by atoms with Crippen molar-refractivity contribution in [2.24, 2.45) is 5.10 Å². The zero-order valence-corrected chi connectivity index (χ0v) is 9.54. The molecule has 6 nitrogen and oxygen atoms in total. The van der Waals surface area contributed by atoms with E-state index in [9.17, 15) is 0 Å². The van der Waals surface area contributed by atoms with Crippen LogP contribution in [0.15, 0.2) is 35.4 Å². The smallest absolute Gasteiger partial charge is 0.263 e. The van der Waals surface area contributed by atoms with Gasteiger partial charge in [-0.1, -0.05) is 37.3 Å². The van der Waals surface area contributed by atoms with Gasteiger partial charge in [0.25, 0.3) is 5.95 Å². The molecule has 3 N–H and O–H groups in total. The minimum atomic E-state index is 0.425. The van der Waals surface area contributed by atoms with Gasteiger partial charge in [0.1, 0.15) is 0 Å². The predicted octanol–water partition coefficient (Wildman–Crippen LogP) is 1.00. The number of rotatable bonds is 4. The van der Waals surface area contributed by atoms with Gasteiger partial charge < -0.3 is 5.84 Å². The van der Waals surface area contributed by atoms with Gasteiger partial charge in [-0.15, -0.1) is 10.2 Å². The van der Waals surface area contributed by atoms with Crippen LogP contribution in [-0.2, 0) is 6.42 Å². The Balaban J connectivity index is 2.03. The largest absolute Gasteiger partial charge is 0.335 e. The minimum Gasteiger partial charge on any atom is -0.335 e. The van der Waals surface area contributed by atoms with Crippen LogP contribution < -0.4 is 11.3 Å². The Morgan fingerprint density at radius 3 is 2.76 bits per heavy atom. The lowest BCUT2D eigenvalue weighted by Crippen LogP contribution is -2.14. The van der Waals surface area contributed by atoms with E-state index < -0.39 is 0 Å². The summed E-state index contributed by atoms with van der Waals surface area (Å²) in [5.74, 6) is 6.88. The Morgan fingerprint density at radius 1 is 1.35 bits per heavy atom. The molecule has 17 heavy (non-hydrogen) atoms. The highest BCUT2D eigenvalue weighted by molar-refractivity contribution is 5.79.